The highest BCUT2D eigenvalue weighted by molar-refractivity contribution is 6.30. The number of H-pyrrole nitrogens is 1. The van der Waals surface area contributed by atoms with Crippen LogP contribution in [0.25, 0.3) is 11.0 Å². The Hall–Kier alpha value is -2.60. The molecule has 1 atom stereocenters. The third-order valence-electron chi connectivity index (χ3n) is 4.01. The highest BCUT2D eigenvalue weighted by Crippen LogP contribution is 2.32. The Kier molecular flexibility index (Phi) is 3.38. The molecule has 4 rings (SSSR count). The summed E-state index contributed by atoms with van der Waals surface area (Å²) < 4.78 is 0. The predicted molar refractivity (Wildman–Crippen MR) is 88.7 cm³/mol. The first-order chi connectivity index (χ1) is 11.2. The first-order valence-electron chi connectivity index (χ1n) is 7.34. The average Bonchev–Trinajstić information content (AvgIpc) is 3.04. The van der Waals surface area contributed by atoms with Gasteiger partial charge in [-0.3, -0.25) is 4.79 Å². The molecule has 0 saturated carbocycles. The molecule has 116 valence electrons. The molecule has 7 heteroatoms. The maximum absolute atomic E-state index is 12.7. The standard InChI is InChI=1S/C16H14ClN5O/c17-9-1-2-12-11(7-9)13(4-6-18-12)22-16(23)14-10-3-5-19-15(10)21-8-20-14/h1-3,5,7-8,13,18H,4,6H2,(H,22,23)(H,19,20,21). The Balaban J connectivity index is 1.65. The SMILES string of the molecule is O=C(NC1CCNc2ccc(Cl)cc21)c1ncnc2[nH]ccc12. The number of halogens is 1. The summed E-state index contributed by atoms with van der Waals surface area (Å²) in [5.41, 5.74) is 3.02. The van der Waals surface area contributed by atoms with Crippen LogP contribution in [0, 0.1) is 0 Å². The van der Waals surface area contributed by atoms with Crippen LogP contribution in [0.3, 0.4) is 0 Å². The molecule has 0 radical (unpaired) electrons. The molecule has 3 heterocycles. The zero-order chi connectivity index (χ0) is 15.8. The number of fused-ring (bicyclic) bond motifs is 2. The van der Waals surface area contributed by atoms with Crippen LogP contribution in [0.5, 0.6) is 0 Å². The molecule has 1 aliphatic heterocycles. The molecule has 0 spiro atoms. The molecule has 1 unspecified atom stereocenters. The summed E-state index contributed by atoms with van der Waals surface area (Å²) in [6, 6.07) is 7.37. The highest BCUT2D eigenvalue weighted by Gasteiger charge is 2.24. The topological polar surface area (TPSA) is 82.7 Å². The Morgan fingerprint density at radius 2 is 2.22 bits per heavy atom. The number of aromatic amines is 1. The molecule has 1 amide bonds. The molecular formula is C16H14ClN5O. The number of carbonyl (C=O) groups is 1. The summed E-state index contributed by atoms with van der Waals surface area (Å²) in [5, 5.41) is 7.74. The van der Waals surface area contributed by atoms with E-state index in [9.17, 15) is 4.79 Å². The van der Waals surface area contributed by atoms with Gasteiger partial charge >= 0.3 is 0 Å². The summed E-state index contributed by atoms with van der Waals surface area (Å²) >= 11 is 6.09. The Labute approximate surface area is 137 Å². The van der Waals surface area contributed by atoms with Gasteiger partial charge in [0.05, 0.1) is 11.4 Å². The van der Waals surface area contributed by atoms with Crippen molar-refractivity contribution in [2.24, 2.45) is 0 Å². The van der Waals surface area contributed by atoms with E-state index in [0.717, 1.165) is 24.2 Å². The van der Waals surface area contributed by atoms with Crippen LogP contribution in [0.4, 0.5) is 5.69 Å². The summed E-state index contributed by atoms with van der Waals surface area (Å²) in [5.74, 6) is -0.213. The summed E-state index contributed by atoms with van der Waals surface area (Å²) in [6.45, 7) is 0.795. The monoisotopic (exact) mass is 327 g/mol. The molecule has 6 nitrogen and oxygen atoms in total. The average molecular weight is 328 g/mol. The number of benzene rings is 1. The van der Waals surface area contributed by atoms with E-state index in [1.54, 1.807) is 12.3 Å². The number of amides is 1. The quantitative estimate of drug-likeness (QED) is 0.676. The van der Waals surface area contributed by atoms with Crippen LogP contribution in [0.15, 0.2) is 36.8 Å². The van der Waals surface area contributed by atoms with Gasteiger partial charge in [-0.1, -0.05) is 11.6 Å². The van der Waals surface area contributed by atoms with Crippen molar-refractivity contribution in [1.82, 2.24) is 20.3 Å². The van der Waals surface area contributed by atoms with E-state index in [-0.39, 0.29) is 11.9 Å². The number of rotatable bonds is 2. The number of aromatic nitrogens is 3. The maximum Gasteiger partial charge on any atom is 0.271 e. The van der Waals surface area contributed by atoms with Crippen molar-refractivity contribution in [3.63, 3.8) is 0 Å². The number of nitrogens with zero attached hydrogens (tertiary/aromatic N) is 2. The van der Waals surface area contributed by atoms with Crippen molar-refractivity contribution in [3.05, 3.63) is 53.1 Å². The normalized spacial score (nSPS) is 16.7. The summed E-state index contributed by atoms with van der Waals surface area (Å²) in [4.78, 5) is 23.9. The lowest BCUT2D eigenvalue weighted by Crippen LogP contribution is -2.33. The second kappa shape index (κ2) is 5.55. The second-order valence-corrected chi connectivity index (χ2v) is 5.87. The molecule has 3 N–H and O–H groups in total. The van der Waals surface area contributed by atoms with Crippen LogP contribution in [0.1, 0.15) is 28.5 Å². The van der Waals surface area contributed by atoms with Crippen LogP contribution in [0.2, 0.25) is 5.02 Å². The van der Waals surface area contributed by atoms with Crippen molar-refractivity contribution in [2.75, 3.05) is 11.9 Å². The van der Waals surface area contributed by atoms with Gasteiger partial charge in [-0.15, -0.1) is 0 Å². The molecular weight excluding hydrogens is 314 g/mol. The molecule has 0 aliphatic carbocycles. The second-order valence-electron chi connectivity index (χ2n) is 5.44. The predicted octanol–water partition coefficient (Wildman–Crippen LogP) is 2.90. The maximum atomic E-state index is 12.7. The highest BCUT2D eigenvalue weighted by atomic mass is 35.5. The number of hydrogen-bond acceptors (Lipinski definition) is 4. The fraction of sp³-hybridized carbons (Fsp3) is 0.188. The van der Waals surface area contributed by atoms with E-state index in [2.05, 4.69) is 25.6 Å². The zero-order valence-electron chi connectivity index (χ0n) is 12.1. The molecule has 1 aromatic carbocycles. The summed E-state index contributed by atoms with van der Waals surface area (Å²) in [7, 11) is 0. The van der Waals surface area contributed by atoms with Gasteiger partial charge in [-0.05, 0) is 36.2 Å². The third-order valence-corrected chi connectivity index (χ3v) is 4.25. The molecule has 0 fully saturated rings. The van der Waals surface area contributed by atoms with Gasteiger partial charge in [0.2, 0.25) is 0 Å². The minimum atomic E-state index is -0.213. The molecule has 0 bridgehead atoms. The lowest BCUT2D eigenvalue weighted by molar-refractivity contribution is 0.0931. The van der Waals surface area contributed by atoms with Gasteiger partial charge in [0, 0.05) is 23.5 Å². The van der Waals surface area contributed by atoms with Crippen LogP contribution in [-0.2, 0) is 0 Å². The van der Waals surface area contributed by atoms with E-state index in [0.29, 0.717) is 21.7 Å². The fourth-order valence-corrected chi connectivity index (χ4v) is 3.10. The van der Waals surface area contributed by atoms with Gasteiger partial charge in [0.15, 0.2) is 0 Å². The largest absolute Gasteiger partial charge is 0.385 e. The Bertz CT molecular complexity index is 891. The zero-order valence-corrected chi connectivity index (χ0v) is 12.9. The fourth-order valence-electron chi connectivity index (χ4n) is 2.92. The van der Waals surface area contributed by atoms with E-state index in [4.69, 9.17) is 11.6 Å². The van der Waals surface area contributed by atoms with Gasteiger partial charge in [0.1, 0.15) is 17.7 Å². The first-order valence-corrected chi connectivity index (χ1v) is 7.72. The van der Waals surface area contributed by atoms with Gasteiger partial charge in [-0.25, -0.2) is 9.97 Å². The van der Waals surface area contributed by atoms with Crippen molar-refractivity contribution >= 4 is 34.2 Å². The Morgan fingerprint density at radius 3 is 3.13 bits per heavy atom. The molecule has 2 aromatic heterocycles. The number of carbonyl (C=O) groups excluding carboxylic acids is 1. The van der Waals surface area contributed by atoms with Crippen LogP contribution < -0.4 is 10.6 Å². The summed E-state index contributed by atoms with van der Waals surface area (Å²) in [6.07, 6.45) is 3.93. The minimum Gasteiger partial charge on any atom is -0.385 e. The van der Waals surface area contributed by atoms with Crippen molar-refractivity contribution in [3.8, 4) is 0 Å². The lowest BCUT2D eigenvalue weighted by atomic mass is 9.97. The smallest absolute Gasteiger partial charge is 0.271 e. The molecule has 23 heavy (non-hydrogen) atoms. The van der Waals surface area contributed by atoms with E-state index in [1.165, 1.54) is 6.33 Å². The van der Waals surface area contributed by atoms with Gasteiger partial charge in [0.25, 0.3) is 5.91 Å². The van der Waals surface area contributed by atoms with Crippen molar-refractivity contribution < 1.29 is 4.79 Å². The van der Waals surface area contributed by atoms with Crippen LogP contribution in [-0.4, -0.2) is 27.4 Å². The molecule has 1 aliphatic rings. The number of hydrogen-bond donors (Lipinski definition) is 3. The van der Waals surface area contributed by atoms with Crippen molar-refractivity contribution in [1.29, 1.82) is 0 Å². The van der Waals surface area contributed by atoms with E-state index >= 15 is 0 Å². The number of anilines is 1. The van der Waals surface area contributed by atoms with E-state index < -0.39 is 0 Å². The molecule has 3 aromatic rings. The lowest BCUT2D eigenvalue weighted by Gasteiger charge is -2.27. The van der Waals surface area contributed by atoms with Crippen molar-refractivity contribution in [2.45, 2.75) is 12.5 Å². The van der Waals surface area contributed by atoms with Crippen LogP contribution >= 0.6 is 11.6 Å². The number of nitrogens with one attached hydrogen (secondary N) is 3. The third kappa shape index (κ3) is 2.51. The molecule has 0 saturated heterocycles. The minimum absolute atomic E-state index is 0.0959. The van der Waals surface area contributed by atoms with Gasteiger partial charge < -0.3 is 15.6 Å². The Morgan fingerprint density at radius 1 is 1.30 bits per heavy atom. The van der Waals surface area contributed by atoms with E-state index in [1.807, 2.05) is 18.2 Å². The van der Waals surface area contributed by atoms with Gasteiger partial charge in [-0.2, -0.15) is 0 Å². The first kappa shape index (κ1) is 14.0.